The van der Waals surface area contributed by atoms with Gasteiger partial charge in [0.05, 0.1) is 5.41 Å². The number of aromatic hydroxyl groups is 2. The van der Waals surface area contributed by atoms with Crippen LogP contribution in [0, 0.1) is 11.8 Å². The molecule has 1 aliphatic carbocycles. The molecule has 0 fully saturated rings. The van der Waals surface area contributed by atoms with Crippen LogP contribution in [-0.4, -0.2) is 10.2 Å². The minimum Gasteiger partial charge on any atom is -0.508 e. The maximum Gasteiger partial charge on any atom is 0.115 e. The van der Waals surface area contributed by atoms with Crippen molar-refractivity contribution < 1.29 is 10.2 Å². The summed E-state index contributed by atoms with van der Waals surface area (Å²) in [4.78, 5) is 0. The van der Waals surface area contributed by atoms with Crippen LogP contribution in [0.3, 0.4) is 0 Å². The monoisotopic (exact) mass is 638 g/mol. The van der Waals surface area contributed by atoms with Gasteiger partial charge in [0.1, 0.15) is 11.5 Å². The first-order valence-electron chi connectivity index (χ1n) is 17.0. The summed E-state index contributed by atoms with van der Waals surface area (Å²) >= 11 is 0. The van der Waals surface area contributed by atoms with Crippen LogP contribution in [-0.2, 0) is 16.2 Å². The third-order valence-electron chi connectivity index (χ3n) is 10.8. The summed E-state index contributed by atoms with van der Waals surface area (Å²) in [5, 5.41) is 19.5. The van der Waals surface area contributed by atoms with Gasteiger partial charge in [0.15, 0.2) is 0 Å². The topological polar surface area (TPSA) is 40.5 Å². The van der Waals surface area contributed by atoms with E-state index in [2.05, 4.69) is 131 Å². The molecule has 2 N–H and O–H groups in total. The summed E-state index contributed by atoms with van der Waals surface area (Å²) in [6.07, 6.45) is 0. The average Bonchev–Trinajstić information content (AvgIpc) is 3.35. The van der Waals surface area contributed by atoms with Crippen LogP contribution in [0.1, 0.15) is 74.9 Å². The predicted molar refractivity (Wildman–Crippen MR) is 203 cm³/mol. The molecule has 6 aromatic carbocycles. The Bertz CT molecular complexity index is 2070. The lowest BCUT2D eigenvalue weighted by Crippen LogP contribution is -2.19. The Hall–Kier alpha value is -5.52. The van der Waals surface area contributed by atoms with Crippen molar-refractivity contribution >= 4 is 0 Å². The Balaban J connectivity index is 1.20. The smallest absolute Gasteiger partial charge is 0.115 e. The number of benzene rings is 6. The van der Waals surface area contributed by atoms with Gasteiger partial charge in [-0.05, 0) is 117 Å². The van der Waals surface area contributed by atoms with Crippen molar-refractivity contribution in [3.8, 4) is 56.7 Å². The summed E-state index contributed by atoms with van der Waals surface area (Å²) in [6.45, 7) is 13.1. The molecule has 6 aromatic rings. The summed E-state index contributed by atoms with van der Waals surface area (Å²) in [6, 6.07) is 46.4. The van der Waals surface area contributed by atoms with Gasteiger partial charge in [-0.25, -0.2) is 0 Å². The van der Waals surface area contributed by atoms with Crippen molar-refractivity contribution in [1.82, 2.24) is 0 Å². The number of hydrogen-bond acceptors (Lipinski definition) is 2. The standard InChI is InChI=1S/C47H42O2/c1-7-28-47(6)43-29-33(31-8-14-35(15-9-31)45(2,3)37-18-22-39(48)23-19-37)12-26-41(43)42-27-13-34(30-44(42)47)32-10-16-36(17-11-32)46(4,5)38-20-24-40(49)25-21-38/h8-27,29-30,48-49H,1-6H3. The third-order valence-corrected chi connectivity index (χ3v) is 10.8. The molecule has 2 nitrogen and oxygen atoms in total. The third kappa shape index (κ3) is 5.50. The molecule has 0 saturated carbocycles. The Labute approximate surface area is 290 Å². The first-order valence-corrected chi connectivity index (χ1v) is 17.0. The lowest BCUT2D eigenvalue weighted by Gasteiger charge is -2.26. The number of phenolic OH excluding ortho intramolecular Hbond substituents is 2. The van der Waals surface area contributed by atoms with Crippen LogP contribution < -0.4 is 0 Å². The van der Waals surface area contributed by atoms with Gasteiger partial charge in [-0.15, -0.1) is 5.92 Å². The molecule has 0 heterocycles. The molecule has 0 aliphatic heterocycles. The average molecular weight is 639 g/mol. The number of hydrogen-bond donors (Lipinski definition) is 2. The largest absolute Gasteiger partial charge is 0.508 e. The Kier molecular flexibility index (Phi) is 7.76. The van der Waals surface area contributed by atoms with Gasteiger partial charge in [-0.3, -0.25) is 0 Å². The van der Waals surface area contributed by atoms with Gasteiger partial charge in [-0.2, -0.15) is 0 Å². The van der Waals surface area contributed by atoms with Crippen LogP contribution in [0.5, 0.6) is 11.5 Å². The highest BCUT2D eigenvalue weighted by Gasteiger charge is 2.38. The van der Waals surface area contributed by atoms with E-state index in [0.29, 0.717) is 0 Å². The molecule has 0 amide bonds. The SMILES string of the molecule is CC#CC1(C)c2cc(-c3ccc(C(C)(C)c4ccc(O)cc4)cc3)ccc2-c2ccc(-c3ccc(C(C)(C)c4ccc(O)cc4)cc3)cc21. The number of rotatable bonds is 6. The molecule has 7 rings (SSSR count). The van der Waals surface area contributed by atoms with Crippen molar-refractivity contribution in [2.45, 2.75) is 57.8 Å². The molecule has 2 heteroatoms. The molecular formula is C47H42O2. The Morgan fingerprint density at radius 2 is 0.755 bits per heavy atom. The van der Waals surface area contributed by atoms with Crippen molar-refractivity contribution in [2.24, 2.45) is 0 Å². The molecule has 0 radical (unpaired) electrons. The highest BCUT2D eigenvalue weighted by molar-refractivity contribution is 5.87. The summed E-state index contributed by atoms with van der Waals surface area (Å²) in [5.74, 6) is 7.43. The minimum absolute atomic E-state index is 0.192. The van der Waals surface area contributed by atoms with Gasteiger partial charge in [-0.1, -0.05) is 131 Å². The number of phenols is 2. The van der Waals surface area contributed by atoms with E-state index < -0.39 is 5.41 Å². The highest BCUT2D eigenvalue weighted by Crippen LogP contribution is 2.51. The summed E-state index contributed by atoms with van der Waals surface area (Å²) < 4.78 is 0. The number of fused-ring (bicyclic) bond motifs is 3. The fraction of sp³-hybridized carbons (Fsp3) is 0.191. The molecule has 0 atom stereocenters. The molecule has 0 spiro atoms. The van der Waals surface area contributed by atoms with Crippen molar-refractivity contribution in [3.63, 3.8) is 0 Å². The summed E-state index contributed by atoms with van der Waals surface area (Å²) in [5.41, 5.74) is 13.6. The second-order valence-corrected chi connectivity index (χ2v) is 14.5. The van der Waals surface area contributed by atoms with Crippen LogP contribution in [0.25, 0.3) is 33.4 Å². The van der Waals surface area contributed by atoms with Crippen LogP contribution in [0.2, 0.25) is 0 Å². The van der Waals surface area contributed by atoms with Gasteiger partial charge in [0.25, 0.3) is 0 Å². The predicted octanol–water partition coefficient (Wildman–Crippen LogP) is 11.4. The molecule has 49 heavy (non-hydrogen) atoms. The van der Waals surface area contributed by atoms with E-state index in [1.165, 1.54) is 55.6 Å². The maximum absolute atomic E-state index is 9.77. The van der Waals surface area contributed by atoms with E-state index in [4.69, 9.17) is 0 Å². The van der Waals surface area contributed by atoms with Gasteiger partial charge in [0, 0.05) is 10.8 Å². The fourth-order valence-corrected chi connectivity index (χ4v) is 7.52. The lowest BCUT2D eigenvalue weighted by atomic mass is 9.77. The first kappa shape index (κ1) is 32.0. The van der Waals surface area contributed by atoms with E-state index in [1.54, 1.807) is 24.3 Å². The maximum atomic E-state index is 9.77. The lowest BCUT2D eigenvalue weighted by molar-refractivity contribution is 0.474. The van der Waals surface area contributed by atoms with E-state index >= 15 is 0 Å². The van der Waals surface area contributed by atoms with Gasteiger partial charge in [0.2, 0.25) is 0 Å². The van der Waals surface area contributed by atoms with E-state index in [-0.39, 0.29) is 22.3 Å². The van der Waals surface area contributed by atoms with Crippen molar-refractivity contribution in [2.75, 3.05) is 0 Å². The molecule has 0 aromatic heterocycles. The molecule has 242 valence electrons. The van der Waals surface area contributed by atoms with Crippen molar-refractivity contribution in [3.05, 3.63) is 167 Å². The Morgan fingerprint density at radius 3 is 1.08 bits per heavy atom. The van der Waals surface area contributed by atoms with Crippen LogP contribution in [0.4, 0.5) is 0 Å². The summed E-state index contributed by atoms with van der Waals surface area (Å²) in [7, 11) is 0. The van der Waals surface area contributed by atoms with E-state index in [1.807, 2.05) is 31.2 Å². The molecular weight excluding hydrogens is 597 g/mol. The molecule has 1 aliphatic rings. The molecule has 0 unspecified atom stereocenters. The van der Waals surface area contributed by atoms with Crippen LogP contribution >= 0.6 is 0 Å². The first-order chi connectivity index (χ1) is 23.4. The zero-order chi connectivity index (χ0) is 34.6. The zero-order valence-electron chi connectivity index (χ0n) is 29.1. The highest BCUT2D eigenvalue weighted by atomic mass is 16.3. The fourth-order valence-electron chi connectivity index (χ4n) is 7.52. The Morgan fingerprint density at radius 1 is 0.449 bits per heavy atom. The molecule has 0 bridgehead atoms. The zero-order valence-corrected chi connectivity index (χ0v) is 29.1. The second kappa shape index (κ2) is 11.9. The van der Waals surface area contributed by atoms with Crippen molar-refractivity contribution in [1.29, 1.82) is 0 Å². The van der Waals surface area contributed by atoms with Crippen LogP contribution in [0.15, 0.2) is 133 Å². The van der Waals surface area contributed by atoms with E-state index in [0.717, 1.165) is 11.1 Å². The quantitative estimate of drug-likeness (QED) is 0.178. The van der Waals surface area contributed by atoms with Gasteiger partial charge < -0.3 is 10.2 Å². The minimum atomic E-state index is -0.437. The molecule has 0 saturated heterocycles. The second-order valence-electron chi connectivity index (χ2n) is 14.5. The normalized spacial score (nSPS) is 13.3. The van der Waals surface area contributed by atoms with E-state index in [9.17, 15) is 10.2 Å². The van der Waals surface area contributed by atoms with Gasteiger partial charge >= 0.3 is 0 Å².